The first kappa shape index (κ1) is 24.8. The van der Waals surface area contributed by atoms with Crippen LogP contribution >= 0.6 is 0 Å². The summed E-state index contributed by atoms with van der Waals surface area (Å²) in [6.07, 6.45) is 3.55. The number of hydrogen-bond acceptors (Lipinski definition) is 5. The van der Waals surface area contributed by atoms with E-state index >= 15 is 0 Å². The molecule has 8 rings (SSSR count). The fraction of sp³-hybridized carbons (Fsp3) is 0. The summed E-state index contributed by atoms with van der Waals surface area (Å²) < 4.78 is 6.10. The highest BCUT2D eigenvalue weighted by molar-refractivity contribution is 6.11. The van der Waals surface area contributed by atoms with Crippen molar-refractivity contribution < 1.29 is 4.42 Å². The van der Waals surface area contributed by atoms with E-state index < -0.39 is 0 Å². The van der Waals surface area contributed by atoms with Gasteiger partial charge in [-0.05, 0) is 28.3 Å². The van der Waals surface area contributed by atoms with Crippen molar-refractivity contribution in [3.63, 3.8) is 0 Å². The van der Waals surface area contributed by atoms with Crippen molar-refractivity contribution in [3.05, 3.63) is 146 Å². The molecular weight excluding hydrogens is 528 g/mol. The average Bonchev–Trinajstić information content (AvgIpc) is 3.48. The van der Waals surface area contributed by atoms with Gasteiger partial charge < -0.3 is 4.42 Å². The van der Waals surface area contributed by atoms with Gasteiger partial charge in [0.2, 0.25) is 0 Å². The van der Waals surface area contributed by atoms with Gasteiger partial charge in [-0.3, -0.25) is 4.98 Å². The summed E-state index contributed by atoms with van der Waals surface area (Å²) in [6, 6.07) is 45.4. The lowest BCUT2D eigenvalue weighted by Gasteiger charge is -2.10. The number of benzene rings is 5. The lowest BCUT2D eigenvalue weighted by atomic mass is 9.99. The van der Waals surface area contributed by atoms with Gasteiger partial charge in [0.25, 0.3) is 0 Å². The van der Waals surface area contributed by atoms with E-state index in [1.165, 1.54) is 11.1 Å². The van der Waals surface area contributed by atoms with E-state index in [1.54, 1.807) is 12.4 Å². The zero-order valence-corrected chi connectivity index (χ0v) is 23.1. The van der Waals surface area contributed by atoms with Crippen LogP contribution in [0.1, 0.15) is 0 Å². The van der Waals surface area contributed by atoms with E-state index in [2.05, 4.69) is 83.8 Å². The molecule has 0 atom stereocenters. The van der Waals surface area contributed by atoms with E-state index in [1.807, 2.05) is 54.6 Å². The summed E-state index contributed by atoms with van der Waals surface area (Å²) in [5.41, 5.74) is 8.81. The summed E-state index contributed by atoms with van der Waals surface area (Å²) in [5.74, 6) is 1.75. The minimum atomic E-state index is 0.550. The predicted octanol–water partition coefficient (Wildman–Crippen LogP) is 9.50. The maximum absolute atomic E-state index is 6.10. The van der Waals surface area contributed by atoms with E-state index in [-0.39, 0.29) is 0 Å². The molecule has 0 aliphatic carbocycles. The molecule has 0 unspecified atom stereocenters. The SMILES string of the molecule is c1ccc(-c2ccc(-c3ccc(-c4nc(-c5ccccc5)nc(-c5cncc6oc7ccccc7c56)n4)cc3)cc2)cc1. The number of hydrogen-bond donors (Lipinski definition) is 0. The summed E-state index contributed by atoms with van der Waals surface area (Å²) in [7, 11) is 0. The molecule has 0 bridgehead atoms. The van der Waals surface area contributed by atoms with Gasteiger partial charge in [0.05, 0.1) is 6.20 Å². The van der Waals surface area contributed by atoms with Gasteiger partial charge in [0.1, 0.15) is 5.58 Å². The Morgan fingerprint density at radius 1 is 0.372 bits per heavy atom. The van der Waals surface area contributed by atoms with Gasteiger partial charge in [0, 0.05) is 33.7 Å². The Labute approximate surface area is 248 Å². The third kappa shape index (κ3) is 4.63. The van der Waals surface area contributed by atoms with Crippen molar-refractivity contribution in [1.29, 1.82) is 0 Å². The maximum Gasteiger partial charge on any atom is 0.166 e. The van der Waals surface area contributed by atoms with Crippen LogP contribution in [0.2, 0.25) is 0 Å². The molecule has 0 N–H and O–H groups in total. The molecule has 5 nitrogen and oxygen atoms in total. The quantitative estimate of drug-likeness (QED) is 0.213. The van der Waals surface area contributed by atoms with Crippen LogP contribution in [0.5, 0.6) is 0 Å². The largest absolute Gasteiger partial charge is 0.454 e. The molecule has 0 spiro atoms. The molecule has 3 aromatic heterocycles. The Balaban J connectivity index is 1.22. The molecule has 43 heavy (non-hydrogen) atoms. The molecular formula is C38H24N4O. The summed E-state index contributed by atoms with van der Waals surface area (Å²) in [4.78, 5) is 19.3. The molecule has 202 valence electrons. The maximum atomic E-state index is 6.10. The lowest BCUT2D eigenvalue weighted by molar-refractivity contribution is 0.667. The van der Waals surface area contributed by atoms with Gasteiger partial charge in [0.15, 0.2) is 23.1 Å². The van der Waals surface area contributed by atoms with Crippen LogP contribution in [0, 0.1) is 0 Å². The number of nitrogens with zero attached hydrogens (tertiary/aromatic N) is 4. The first-order chi connectivity index (χ1) is 21.3. The third-order valence-corrected chi connectivity index (χ3v) is 7.66. The zero-order chi connectivity index (χ0) is 28.6. The highest BCUT2D eigenvalue weighted by Crippen LogP contribution is 2.36. The Morgan fingerprint density at radius 2 is 0.837 bits per heavy atom. The Hall–Kier alpha value is -5.94. The number of para-hydroxylation sites is 1. The van der Waals surface area contributed by atoms with Crippen molar-refractivity contribution in [3.8, 4) is 56.4 Å². The number of rotatable bonds is 5. The highest BCUT2D eigenvalue weighted by Gasteiger charge is 2.18. The Kier molecular flexibility index (Phi) is 6.05. The fourth-order valence-electron chi connectivity index (χ4n) is 5.49. The first-order valence-corrected chi connectivity index (χ1v) is 14.1. The minimum Gasteiger partial charge on any atom is -0.454 e. The standard InChI is InChI=1S/C38H24N4O/c1-3-9-25(10-4-1)26-15-17-27(18-16-26)28-19-21-30(22-20-28)37-40-36(29-11-5-2-6-12-29)41-38(42-37)32-23-39-24-34-35(32)31-13-7-8-14-33(31)43-34/h1-24H. The second-order valence-corrected chi connectivity index (χ2v) is 10.4. The Bertz CT molecular complexity index is 2210. The fourth-order valence-corrected chi connectivity index (χ4v) is 5.49. The summed E-state index contributed by atoms with van der Waals surface area (Å²) in [6.45, 7) is 0. The highest BCUT2D eigenvalue weighted by atomic mass is 16.3. The van der Waals surface area contributed by atoms with Gasteiger partial charge in [-0.15, -0.1) is 0 Å². The molecule has 5 heteroatoms. The summed E-state index contributed by atoms with van der Waals surface area (Å²) in [5, 5.41) is 1.94. The molecule has 5 aromatic carbocycles. The van der Waals surface area contributed by atoms with Crippen molar-refractivity contribution >= 4 is 21.9 Å². The first-order valence-electron chi connectivity index (χ1n) is 14.1. The molecule has 0 radical (unpaired) electrons. The number of fused-ring (bicyclic) bond motifs is 3. The zero-order valence-electron chi connectivity index (χ0n) is 23.1. The number of furan rings is 1. The van der Waals surface area contributed by atoms with Crippen LogP contribution in [0.25, 0.3) is 78.4 Å². The molecule has 8 aromatic rings. The third-order valence-electron chi connectivity index (χ3n) is 7.66. The van der Waals surface area contributed by atoms with Crippen LogP contribution in [-0.4, -0.2) is 19.9 Å². The topological polar surface area (TPSA) is 64.7 Å². The normalized spacial score (nSPS) is 11.3. The van der Waals surface area contributed by atoms with E-state index in [0.29, 0.717) is 23.1 Å². The van der Waals surface area contributed by atoms with Gasteiger partial charge in [-0.25, -0.2) is 15.0 Å². The van der Waals surface area contributed by atoms with Crippen molar-refractivity contribution in [1.82, 2.24) is 19.9 Å². The summed E-state index contributed by atoms with van der Waals surface area (Å²) >= 11 is 0. The van der Waals surface area contributed by atoms with Crippen molar-refractivity contribution in [2.75, 3.05) is 0 Å². The van der Waals surface area contributed by atoms with Crippen LogP contribution in [0.3, 0.4) is 0 Å². The second kappa shape index (κ2) is 10.5. The molecule has 0 aliphatic rings. The van der Waals surface area contributed by atoms with E-state index in [9.17, 15) is 0 Å². The Morgan fingerprint density at radius 3 is 1.47 bits per heavy atom. The van der Waals surface area contributed by atoms with E-state index in [4.69, 9.17) is 19.4 Å². The second-order valence-electron chi connectivity index (χ2n) is 10.4. The lowest BCUT2D eigenvalue weighted by Crippen LogP contribution is -2.00. The van der Waals surface area contributed by atoms with E-state index in [0.717, 1.165) is 44.2 Å². The number of aromatic nitrogens is 4. The monoisotopic (exact) mass is 552 g/mol. The van der Waals surface area contributed by atoms with Gasteiger partial charge in [-0.1, -0.05) is 127 Å². The van der Waals surface area contributed by atoms with Crippen molar-refractivity contribution in [2.45, 2.75) is 0 Å². The number of pyridine rings is 1. The van der Waals surface area contributed by atoms with Crippen LogP contribution in [-0.2, 0) is 0 Å². The molecule has 0 saturated carbocycles. The average molecular weight is 553 g/mol. The smallest absolute Gasteiger partial charge is 0.166 e. The van der Waals surface area contributed by atoms with Gasteiger partial charge >= 0.3 is 0 Å². The molecule has 0 fully saturated rings. The van der Waals surface area contributed by atoms with Crippen LogP contribution in [0.4, 0.5) is 0 Å². The van der Waals surface area contributed by atoms with Crippen molar-refractivity contribution in [2.24, 2.45) is 0 Å². The van der Waals surface area contributed by atoms with Crippen LogP contribution < -0.4 is 0 Å². The molecule has 3 heterocycles. The van der Waals surface area contributed by atoms with Gasteiger partial charge in [-0.2, -0.15) is 0 Å². The molecule has 0 saturated heterocycles. The molecule has 0 aliphatic heterocycles. The van der Waals surface area contributed by atoms with Crippen LogP contribution in [0.15, 0.2) is 150 Å². The minimum absolute atomic E-state index is 0.550. The molecule has 0 amide bonds. The predicted molar refractivity (Wildman–Crippen MR) is 172 cm³/mol.